The van der Waals surface area contributed by atoms with Crippen molar-refractivity contribution in [3.05, 3.63) is 0 Å². The third-order valence-electron chi connectivity index (χ3n) is 1.51. The number of nitrogens with one attached hydrogen (secondary N) is 2. The molecule has 0 radical (unpaired) electrons. The van der Waals surface area contributed by atoms with E-state index in [1.165, 1.54) is 6.92 Å². The van der Waals surface area contributed by atoms with Crippen LogP contribution in [-0.2, 0) is 4.79 Å². The van der Waals surface area contributed by atoms with Gasteiger partial charge in [0.2, 0.25) is 5.91 Å². The molecule has 3 N–H and O–H groups in total. The maximum Gasteiger partial charge on any atom is 0.217 e. The molecular formula is C7H16N2O2. The van der Waals surface area contributed by atoms with E-state index in [-0.39, 0.29) is 11.9 Å². The maximum absolute atomic E-state index is 10.6. The predicted octanol–water partition coefficient (Wildman–Crippen LogP) is -0.561. The van der Waals surface area contributed by atoms with Gasteiger partial charge in [0.05, 0.1) is 6.04 Å². The Morgan fingerprint density at radius 2 is 2.18 bits per heavy atom. The van der Waals surface area contributed by atoms with E-state index in [1.54, 1.807) is 7.05 Å². The lowest BCUT2D eigenvalue weighted by Gasteiger charge is -2.21. The molecular weight excluding hydrogens is 144 g/mol. The first-order chi connectivity index (χ1) is 5.11. The Kier molecular flexibility index (Phi) is 4.81. The Bertz CT molecular complexity index is 128. The molecule has 0 aromatic heterocycles. The van der Waals surface area contributed by atoms with Crippen molar-refractivity contribution in [2.45, 2.75) is 32.5 Å². The van der Waals surface area contributed by atoms with Crippen molar-refractivity contribution in [1.82, 2.24) is 10.6 Å². The zero-order valence-corrected chi connectivity index (χ0v) is 7.22. The highest BCUT2D eigenvalue weighted by atomic mass is 16.3. The van der Waals surface area contributed by atoms with Gasteiger partial charge in [-0.1, -0.05) is 6.92 Å². The summed E-state index contributed by atoms with van der Waals surface area (Å²) in [6.45, 7) is 3.34. The van der Waals surface area contributed by atoms with Crippen molar-refractivity contribution in [3.63, 3.8) is 0 Å². The topological polar surface area (TPSA) is 61.4 Å². The Balaban J connectivity index is 3.84. The number of aliphatic hydroxyl groups is 1. The first-order valence-electron chi connectivity index (χ1n) is 3.74. The van der Waals surface area contributed by atoms with Crippen LogP contribution in [0.2, 0.25) is 0 Å². The first kappa shape index (κ1) is 10.4. The molecule has 0 bridgehead atoms. The quantitative estimate of drug-likeness (QED) is 0.483. The third kappa shape index (κ3) is 3.95. The molecule has 0 spiro atoms. The number of hydrogen-bond acceptors (Lipinski definition) is 3. The summed E-state index contributed by atoms with van der Waals surface area (Å²) < 4.78 is 0. The van der Waals surface area contributed by atoms with E-state index < -0.39 is 6.23 Å². The molecule has 0 aliphatic rings. The normalized spacial score (nSPS) is 15.6. The van der Waals surface area contributed by atoms with Gasteiger partial charge in [0.15, 0.2) is 0 Å². The Morgan fingerprint density at radius 1 is 1.64 bits per heavy atom. The van der Waals surface area contributed by atoms with Gasteiger partial charge in [-0.2, -0.15) is 0 Å². The Hall–Kier alpha value is -0.610. The zero-order valence-electron chi connectivity index (χ0n) is 7.22. The van der Waals surface area contributed by atoms with Gasteiger partial charge in [-0.15, -0.1) is 0 Å². The van der Waals surface area contributed by atoms with Crippen LogP contribution in [0.5, 0.6) is 0 Å². The number of aliphatic hydroxyl groups excluding tert-OH is 1. The fourth-order valence-electron chi connectivity index (χ4n) is 0.867. The minimum Gasteiger partial charge on any atom is -0.376 e. The second kappa shape index (κ2) is 5.09. The molecule has 4 nitrogen and oxygen atoms in total. The van der Waals surface area contributed by atoms with Crippen molar-refractivity contribution in [2.24, 2.45) is 0 Å². The molecule has 0 aliphatic carbocycles. The van der Waals surface area contributed by atoms with Crippen LogP contribution in [0.1, 0.15) is 20.3 Å². The number of carbonyl (C=O) groups excluding carboxylic acids is 1. The molecule has 2 atom stereocenters. The minimum atomic E-state index is -0.663. The smallest absolute Gasteiger partial charge is 0.217 e. The number of likely N-dealkylation sites (N-methyl/N-ethyl adjacent to an activating group) is 1. The molecule has 0 fully saturated rings. The van der Waals surface area contributed by atoms with E-state index >= 15 is 0 Å². The summed E-state index contributed by atoms with van der Waals surface area (Å²) in [5.74, 6) is -0.119. The molecule has 4 heteroatoms. The molecule has 66 valence electrons. The van der Waals surface area contributed by atoms with Crippen molar-refractivity contribution >= 4 is 5.91 Å². The van der Waals surface area contributed by atoms with Crippen LogP contribution in [0.25, 0.3) is 0 Å². The summed E-state index contributed by atoms with van der Waals surface area (Å²) in [6, 6.07) is -0.197. The van der Waals surface area contributed by atoms with Gasteiger partial charge in [-0.3, -0.25) is 10.1 Å². The van der Waals surface area contributed by atoms with Crippen LogP contribution in [0.3, 0.4) is 0 Å². The van der Waals surface area contributed by atoms with Gasteiger partial charge in [-0.05, 0) is 13.5 Å². The minimum absolute atomic E-state index is 0.119. The highest BCUT2D eigenvalue weighted by Gasteiger charge is 2.15. The standard InChI is InChI=1S/C7H16N2O2/c1-4-6(7(11)8-3)9-5(2)10/h6-8,11H,4H2,1-3H3,(H,9,10). The second-order valence-corrected chi connectivity index (χ2v) is 2.45. The fourth-order valence-corrected chi connectivity index (χ4v) is 0.867. The van der Waals surface area contributed by atoms with Crippen LogP contribution in [0.4, 0.5) is 0 Å². The average Bonchev–Trinajstić information content (AvgIpc) is 1.98. The Morgan fingerprint density at radius 3 is 2.45 bits per heavy atom. The highest BCUT2D eigenvalue weighted by molar-refractivity contribution is 5.73. The van der Waals surface area contributed by atoms with Crippen molar-refractivity contribution in [1.29, 1.82) is 0 Å². The Labute approximate surface area is 67.0 Å². The van der Waals surface area contributed by atoms with Gasteiger partial charge in [0.25, 0.3) is 0 Å². The average molecular weight is 160 g/mol. The molecule has 2 unspecified atom stereocenters. The van der Waals surface area contributed by atoms with Crippen molar-refractivity contribution in [2.75, 3.05) is 7.05 Å². The first-order valence-corrected chi connectivity index (χ1v) is 3.74. The maximum atomic E-state index is 10.6. The third-order valence-corrected chi connectivity index (χ3v) is 1.51. The van der Waals surface area contributed by atoms with Crippen LogP contribution >= 0.6 is 0 Å². The lowest BCUT2D eigenvalue weighted by Crippen LogP contribution is -2.47. The fraction of sp³-hybridized carbons (Fsp3) is 0.857. The van der Waals surface area contributed by atoms with E-state index in [1.807, 2.05) is 6.92 Å². The molecule has 0 aliphatic heterocycles. The number of amides is 1. The summed E-state index contributed by atoms with van der Waals surface area (Å²) in [5.41, 5.74) is 0. The van der Waals surface area contributed by atoms with Gasteiger partial charge < -0.3 is 10.4 Å². The lowest BCUT2D eigenvalue weighted by atomic mass is 10.2. The molecule has 0 aromatic rings. The highest BCUT2D eigenvalue weighted by Crippen LogP contribution is 1.94. The second-order valence-electron chi connectivity index (χ2n) is 2.45. The van der Waals surface area contributed by atoms with Gasteiger partial charge >= 0.3 is 0 Å². The molecule has 0 rings (SSSR count). The van der Waals surface area contributed by atoms with Crippen LogP contribution in [-0.4, -0.2) is 30.3 Å². The van der Waals surface area contributed by atoms with Crippen LogP contribution in [0, 0.1) is 0 Å². The number of rotatable bonds is 4. The SMILES string of the molecule is CCC(NC(C)=O)C(O)NC. The van der Waals surface area contributed by atoms with E-state index in [9.17, 15) is 9.90 Å². The largest absolute Gasteiger partial charge is 0.376 e. The van der Waals surface area contributed by atoms with E-state index in [0.717, 1.165) is 0 Å². The number of hydrogen-bond donors (Lipinski definition) is 3. The summed E-state index contributed by atoms with van der Waals surface area (Å²) in [7, 11) is 1.65. The molecule has 0 aromatic carbocycles. The van der Waals surface area contributed by atoms with Gasteiger partial charge in [0.1, 0.15) is 6.23 Å². The van der Waals surface area contributed by atoms with Crippen molar-refractivity contribution in [3.8, 4) is 0 Å². The predicted molar refractivity (Wildman–Crippen MR) is 43.0 cm³/mol. The summed E-state index contributed by atoms with van der Waals surface area (Å²) in [6.07, 6.45) is 0.0469. The van der Waals surface area contributed by atoms with Gasteiger partial charge in [0, 0.05) is 6.92 Å². The zero-order chi connectivity index (χ0) is 8.85. The molecule has 1 amide bonds. The van der Waals surface area contributed by atoms with Crippen LogP contribution < -0.4 is 10.6 Å². The molecule has 0 saturated heterocycles. The summed E-state index contributed by atoms with van der Waals surface area (Å²) >= 11 is 0. The number of carbonyl (C=O) groups is 1. The van der Waals surface area contributed by atoms with E-state index in [2.05, 4.69) is 10.6 Å². The molecule has 0 heterocycles. The molecule has 0 saturated carbocycles. The van der Waals surface area contributed by atoms with Crippen molar-refractivity contribution < 1.29 is 9.90 Å². The summed E-state index contributed by atoms with van der Waals surface area (Å²) in [5, 5.41) is 14.5. The van der Waals surface area contributed by atoms with Gasteiger partial charge in [-0.25, -0.2) is 0 Å². The summed E-state index contributed by atoms with van der Waals surface area (Å²) in [4.78, 5) is 10.6. The molecule has 11 heavy (non-hydrogen) atoms. The van der Waals surface area contributed by atoms with Crippen LogP contribution in [0.15, 0.2) is 0 Å². The van der Waals surface area contributed by atoms with E-state index in [4.69, 9.17) is 0 Å². The van der Waals surface area contributed by atoms with E-state index in [0.29, 0.717) is 6.42 Å². The lowest BCUT2D eigenvalue weighted by molar-refractivity contribution is -0.120. The monoisotopic (exact) mass is 160 g/mol.